The molecule has 16 heavy (non-hydrogen) atoms. The maximum atomic E-state index is 12.0. The molecule has 1 atom stereocenters. The molecule has 0 aliphatic rings. The molecule has 0 radical (unpaired) electrons. The van der Waals surface area contributed by atoms with Crippen LogP contribution in [0.2, 0.25) is 0 Å². The summed E-state index contributed by atoms with van der Waals surface area (Å²) in [7, 11) is -1.50. The van der Waals surface area contributed by atoms with E-state index in [0.717, 1.165) is 0 Å². The van der Waals surface area contributed by atoms with Crippen LogP contribution in [0.15, 0.2) is 0 Å². The van der Waals surface area contributed by atoms with E-state index in [-0.39, 0.29) is 17.2 Å². The lowest BCUT2D eigenvalue weighted by molar-refractivity contribution is 0.359. The Kier molecular flexibility index (Phi) is 5.93. The van der Waals surface area contributed by atoms with E-state index in [0.29, 0.717) is 19.4 Å². The minimum absolute atomic E-state index is 0.0185. The van der Waals surface area contributed by atoms with Gasteiger partial charge in [-0.15, -0.1) is 0 Å². The lowest BCUT2D eigenvalue weighted by atomic mass is 9.94. The summed E-state index contributed by atoms with van der Waals surface area (Å²) < 4.78 is 25.4. The molecule has 0 fully saturated rings. The van der Waals surface area contributed by atoms with Crippen LogP contribution in [-0.2, 0) is 10.0 Å². The summed E-state index contributed by atoms with van der Waals surface area (Å²) in [5.74, 6) is 0.210. The van der Waals surface area contributed by atoms with Gasteiger partial charge in [-0.3, -0.25) is 0 Å². The summed E-state index contributed by atoms with van der Waals surface area (Å²) in [5, 5.41) is 0. The highest BCUT2D eigenvalue weighted by Gasteiger charge is 2.24. The SMILES string of the molecule is CC(CCN)N(C)S(=O)(=O)CCC(C)(C)C. The standard InChI is InChI=1S/C11H26N2O2S/c1-10(6-8-12)13(5)16(14,15)9-7-11(2,3)4/h10H,6-9,12H2,1-5H3. The molecule has 0 aliphatic heterocycles. The van der Waals surface area contributed by atoms with Gasteiger partial charge in [0.15, 0.2) is 0 Å². The first-order valence-electron chi connectivity index (χ1n) is 5.76. The molecule has 0 aromatic heterocycles. The summed E-state index contributed by atoms with van der Waals surface area (Å²) in [6.07, 6.45) is 1.38. The molecule has 0 saturated carbocycles. The molecule has 98 valence electrons. The molecule has 0 amide bonds. The number of hydrogen-bond acceptors (Lipinski definition) is 3. The van der Waals surface area contributed by atoms with Crippen molar-refractivity contribution in [2.75, 3.05) is 19.3 Å². The second-order valence-electron chi connectivity index (χ2n) is 5.57. The summed E-state index contributed by atoms with van der Waals surface area (Å²) >= 11 is 0. The van der Waals surface area contributed by atoms with Gasteiger partial charge >= 0.3 is 0 Å². The fourth-order valence-electron chi connectivity index (χ4n) is 1.28. The van der Waals surface area contributed by atoms with Crippen molar-refractivity contribution in [3.63, 3.8) is 0 Å². The predicted octanol–water partition coefficient (Wildman–Crippen LogP) is 1.42. The van der Waals surface area contributed by atoms with Crippen molar-refractivity contribution in [2.45, 2.75) is 46.6 Å². The Labute approximate surface area is 100 Å². The molecular weight excluding hydrogens is 224 g/mol. The fraction of sp³-hybridized carbons (Fsp3) is 1.00. The molecular formula is C11H26N2O2S. The fourth-order valence-corrected chi connectivity index (χ4v) is 3.09. The van der Waals surface area contributed by atoms with E-state index in [9.17, 15) is 8.42 Å². The zero-order valence-electron chi connectivity index (χ0n) is 11.2. The van der Waals surface area contributed by atoms with Gasteiger partial charge in [-0.2, -0.15) is 0 Å². The van der Waals surface area contributed by atoms with Gasteiger partial charge in [0, 0.05) is 13.1 Å². The molecule has 0 saturated heterocycles. The van der Waals surface area contributed by atoms with E-state index in [2.05, 4.69) is 0 Å². The van der Waals surface area contributed by atoms with Crippen LogP contribution in [0.1, 0.15) is 40.5 Å². The van der Waals surface area contributed by atoms with E-state index in [4.69, 9.17) is 5.73 Å². The third-order valence-corrected chi connectivity index (χ3v) is 4.71. The van der Waals surface area contributed by atoms with Gasteiger partial charge in [0.05, 0.1) is 5.75 Å². The number of hydrogen-bond donors (Lipinski definition) is 1. The van der Waals surface area contributed by atoms with Crippen molar-refractivity contribution in [1.82, 2.24) is 4.31 Å². The van der Waals surface area contributed by atoms with E-state index in [1.807, 2.05) is 27.7 Å². The van der Waals surface area contributed by atoms with Gasteiger partial charge in [0.2, 0.25) is 10.0 Å². The first-order chi connectivity index (χ1) is 7.10. The first-order valence-corrected chi connectivity index (χ1v) is 7.37. The minimum Gasteiger partial charge on any atom is -0.330 e. The zero-order chi connectivity index (χ0) is 13.0. The molecule has 1 unspecified atom stereocenters. The van der Waals surface area contributed by atoms with Crippen molar-refractivity contribution in [2.24, 2.45) is 11.1 Å². The van der Waals surface area contributed by atoms with Crippen LogP contribution in [0.4, 0.5) is 0 Å². The Morgan fingerprint density at radius 3 is 2.19 bits per heavy atom. The average Bonchev–Trinajstić information content (AvgIpc) is 2.13. The molecule has 0 aromatic carbocycles. The summed E-state index contributed by atoms with van der Waals surface area (Å²) in [6.45, 7) is 8.55. The van der Waals surface area contributed by atoms with Crippen LogP contribution in [0.25, 0.3) is 0 Å². The quantitative estimate of drug-likeness (QED) is 0.775. The first kappa shape index (κ1) is 15.9. The predicted molar refractivity (Wildman–Crippen MR) is 68.8 cm³/mol. The molecule has 0 spiro atoms. The Hall–Kier alpha value is -0.130. The molecule has 0 aliphatic carbocycles. The van der Waals surface area contributed by atoms with Gasteiger partial charge in [0.25, 0.3) is 0 Å². The van der Waals surface area contributed by atoms with E-state index in [1.54, 1.807) is 7.05 Å². The molecule has 4 nitrogen and oxygen atoms in total. The molecule has 5 heteroatoms. The Morgan fingerprint density at radius 1 is 1.31 bits per heavy atom. The van der Waals surface area contributed by atoms with E-state index >= 15 is 0 Å². The second kappa shape index (κ2) is 5.98. The Bertz CT molecular complexity index is 294. The lowest BCUT2D eigenvalue weighted by Gasteiger charge is -2.26. The summed E-state index contributed by atoms with van der Waals surface area (Å²) in [6, 6.07) is -0.0185. The Morgan fingerprint density at radius 2 is 1.81 bits per heavy atom. The number of nitrogens with two attached hydrogens (primary N) is 1. The third-order valence-electron chi connectivity index (χ3n) is 2.75. The van der Waals surface area contributed by atoms with Crippen LogP contribution in [0.5, 0.6) is 0 Å². The number of nitrogens with zero attached hydrogens (tertiary/aromatic N) is 1. The van der Waals surface area contributed by atoms with Crippen LogP contribution in [0.3, 0.4) is 0 Å². The van der Waals surface area contributed by atoms with Crippen LogP contribution in [-0.4, -0.2) is 38.1 Å². The van der Waals surface area contributed by atoms with Crippen molar-refractivity contribution in [1.29, 1.82) is 0 Å². The topological polar surface area (TPSA) is 63.4 Å². The van der Waals surface area contributed by atoms with Gasteiger partial charge in [-0.25, -0.2) is 12.7 Å². The van der Waals surface area contributed by atoms with Crippen LogP contribution in [0, 0.1) is 5.41 Å². The highest BCUT2D eigenvalue weighted by molar-refractivity contribution is 7.89. The highest BCUT2D eigenvalue weighted by Crippen LogP contribution is 2.20. The molecule has 0 bridgehead atoms. The monoisotopic (exact) mass is 250 g/mol. The highest BCUT2D eigenvalue weighted by atomic mass is 32.2. The van der Waals surface area contributed by atoms with E-state index in [1.165, 1.54) is 4.31 Å². The summed E-state index contributed by atoms with van der Waals surface area (Å²) in [4.78, 5) is 0. The Balaban J connectivity index is 4.43. The smallest absolute Gasteiger partial charge is 0.214 e. The van der Waals surface area contributed by atoms with Gasteiger partial charge in [-0.05, 0) is 31.7 Å². The maximum absolute atomic E-state index is 12.0. The van der Waals surface area contributed by atoms with Crippen LogP contribution < -0.4 is 5.73 Å². The van der Waals surface area contributed by atoms with E-state index < -0.39 is 10.0 Å². The molecule has 0 aromatic rings. The third kappa shape index (κ3) is 5.82. The van der Waals surface area contributed by atoms with Crippen molar-refractivity contribution in [3.8, 4) is 0 Å². The van der Waals surface area contributed by atoms with Crippen molar-refractivity contribution in [3.05, 3.63) is 0 Å². The van der Waals surface area contributed by atoms with Crippen molar-refractivity contribution < 1.29 is 8.42 Å². The summed E-state index contributed by atoms with van der Waals surface area (Å²) in [5.41, 5.74) is 5.48. The van der Waals surface area contributed by atoms with Gasteiger partial charge in [0.1, 0.15) is 0 Å². The van der Waals surface area contributed by atoms with Crippen molar-refractivity contribution >= 4 is 10.0 Å². The zero-order valence-corrected chi connectivity index (χ0v) is 12.0. The number of rotatable bonds is 6. The normalized spacial score (nSPS) is 15.4. The molecule has 2 N–H and O–H groups in total. The minimum atomic E-state index is -3.14. The lowest BCUT2D eigenvalue weighted by Crippen LogP contribution is -2.38. The maximum Gasteiger partial charge on any atom is 0.214 e. The number of sulfonamides is 1. The largest absolute Gasteiger partial charge is 0.330 e. The average molecular weight is 250 g/mol. The van der Waals surface area contributed by atoms with Crippen LogP contribution >= 0.6 is 0 Å². The van der Waals surface area contributed by atoms with Gasteiger partial charge in [-0.1, -0.05) is 20.8 Å². The second-order valence-corrected chi connectivity index (χ2v) is 7.72. The van der Waals surface area contributed by atoms with Gasteiger partial charge < -0.3 is 5.73 Å². The molecule has 0 rings (SSSR count). The molecule has 0 heterocycles.